The molecule has 4 aromatic rings. The highest BCUT2D eigenvalue weighted by atomic mass is 35.5. The summed E-state index contributed by atoms with van der Waals surface area (Å²) < 4.78 is 13.0. The fraction of sp³-hybridized carbons (Fsp3) is 0.192. The fourth-order valence-electron chi connectivity index (χ4n) is 4.30. The summed E-state index contributed by atoms with van der Waals surface area (Å²) in [7, 11) is 1.63. The monoisotopic (exact) mass is 505 g/mol. The van der Waals surface area contributed by atoms with E-state index >= 15 is 0 Å². The standard InChI is InChI=1S/C26H24ClN5O2S/c1-33-15-16-34-23-8-7-19(17-20(23)27)32-25(24(30-26(32)35)21-5-2-3-11-29-21)22-6-4-14-31(22)18-9-12-28-13-10-18/h2-14,17,24-25H,15-16H2,1H3,(H,30,35)/t24-,25-/m0/s1. The number of benzene rings is 1. The number of nitrogens with one attached hydrogen (secondary N) is 1. The number of hydrogen-bond acceptors (Lipinski definition) is 5. The van der Waals surface area contributed by atoms with Gasteiger partial charge in [-0.25, -0.2) is 0 Å². The van der Waals surface area contributed by atoms with E-state index in [1.54, 1.807) is 25.7 Å². The second-order valence-corrected chi connectivity index (χ2v) is 8.75. The van der Waals surface area contributed by atoms with Crippen LogP contribution in [0.4, 0.5) is 5.69 Å². The molecule has 0 aliphatic carbocycles. The highest BCUT2D eigenvalue weighted by molar-refractivity contribution is 7.80. The van der Waals surface area contributed by atoms with Gasteiger partial charge in [-0.05, 0) is 66.8 Å². The molecule has 5 rings (SSSR count). The summed E-state index contributed by atoms with van der Waals surface area (Å²) in [4.78, 5) is 10.9. The molecule has 1 aromatic carbocycles. The molecule has 0 saturated carbocycles. The molecule has 7 nitrogen and oxygen atoms in total. The van der Waals surface area contributed by atoms with E-state index in [9.17, 15) is 0 Å². The Labute approximate surface area is 214 Å². The van der Waals surface area contributed by atoms with Crippen molar-refractivity contribution in [3.05, 3.63) is 102 Å². The third-order valence-electron chi connectivity index (χ3n) is 5.86. The van der Waals surface area contributed by atoms with Crippen LogP contribution >= 0.6 is 23.8 Å². The van der Waals surface area contributed by atoms with Gasteiger partial charge in [0.2, 0.25) is 0 Å². The quantitative estimate of drug-likeness (QED) is 0.263. The Kier molecular flexibility index (Phi) is 6.94. The molecule has 0 radical (unpaired) electrons. The molecule has 2 atom stereocenters. The van der Waals surface area contributed by atoms with Crippen LogP contribution in [0.15, 0.2) is 85.5 Å². The predicted octanol–water partition coefficient (Wildman–Crippen LogP) is 5.12. The Morgan fingerprint density at radius 2 is 1.86 bits per heavy atom. The maximum atomic E-state index is 6.61. The highest BCUT2D eigenvalue weighted by Crippen LogP contribution is 2.43. The molecule has 178 valence electrons. The zero-order valence-corrected chi connectivity index (χ0v) is 20.6. The number of ether oxygens (including phenoxy) is 2. The van der Waals surface area contributed by atoms with Crippen LogP contribution in [0, 0.1) is 0 Å². The lowest BCUT2D eigenvalue weighted by atomic mass is 10.0. The third kappa shape index (κ3) is 4.73. The van der Waals surface area contributed by atoms with Gasteiger partial charge < -0.3 is 24.3 Å². The van der Waals surface area contributed by atoms with E-state index in [0.29, 0.717) is 29.1 Å². The number of pyridine rings is 2. The number of halogens is 1. The molecule has 0 spiro atoms. The Morgan fingerprint density at radius 1 is 1.00 bits per heavy atom. The van der Waals surface area contributed by atoms with E-state index in [1.165, 1.54) is 0 Å². The van der Waals surface area contributed by atoms with Gasteiger partial charge in [-0.1, -0.05) is 17.7 Å². The average molecular weight is 506 g/mol. The Bertz CT molecular complexity index is 1300. The first-order chi connectivity index (χ1) is 17.2. The zero-order valence-electron chi connectivity index (χ0n) is 19.0. The minimum absolute atomic E-state index is 0.171. The van der Waals surface area contributed by atoms with Gasteiger partial charge in [0.25, 0.3) is 0 Å². The second kappa shape index (κ2) is 10.4. The molecule has 1 aliphatic rings. The molecule has 9 heteroatoms. The summed E-state index contributed by atoms with van der Waals surface area (Å²) in [6.07, 6.45) is 7.41. The number of hydrogen-bond donors (Lipinski definition) is 1. The van der Waals surface area contributed by atoms with E-state index in [-0.39, 0.29) is 12.1 Å². The number of methoxy groups -OCH3 is 1. The van der Waals surface area contributed by atoms with Crippen molar-refractivity contribution in [2.24, 2.45) is 0 Å². The number of thiocarbonyl (C=S) groups is 1. The van der Waals surface area contributed by atoms with E-state index < -0.39 is 0 Å². The Balaban J connectivity index is 1.58. The van der Waals surface area contributed by atoms with E-state index in [0.717, 1.165) is 22.8 Å². The zero-order chi connectivity index (χ0) is 24.2. The van der Waals surface area contributed by atoms with Crippen LogP contribution in [0.3, 0.4) is 0 Å². The number of nitrogens with zero attached hydrogens (tertiary/aromatic N) is 4. The van der Waals surface area contributed by atoms with Gasteiger partial charge >= 0.3 is 0 Å². The molecule has 0 amide bonds. The van der Waals surface area contributed by atoms with E-state index in [2.05, 4.69) is 30.8 Å². The van der Waals surface area contributed by atoms with Gasteiger partial charge in [-0.3, -0.25) is 9.97 Å². The van der Waals surface area contributed by atoms with Crippen molar-refractivity contribution < 1.29 is 9.47 Å². The van der Waals surface area contributed by atoms with Crippen molar-refractivity contribution in [3.63, 3.8) is 0 Å². The van der Waals surface area contributed by atoms with Crippen LogP contribution in [-0.4, -0.2) is 40.0 Å². The number of anilines is 1. The molecular weight excluding hydrogens is 482 g/mol. The van der Waals surface area contributed by atoms with Crippen LogP contribution in [-0.2, 0) is 4.74 Å². The van der Waals surface area contributed by atoms with Crippen molar-refractivity contribution in [2.45, 2.75) is 12.1 Å². The summed E-state index contributed by atoms with van der Waals surface area (Å²) in [6.45, 7) is 0.904. The predicted molar refractivity (Wildman–Crippen MR) is 140 cm³/mol. The molecule has 3 aromatic heterocycles. The summed E-state index contributed by atoms with van der Waals surface area (Å²) >= 11 is 12.5. The van der Waals surface area contributed by atoms with Crippen molar-refractivity contribution in [3.8, 4) is 11.4 Å². The summed E-state index contributed by atoms with van der Waals surface area (Å²) in [5.74, 6) is 0.600. The molecule has 1 saturated heterocycles. The first-order valence-corrected chi connectivity index (χ1v) is 12.0. The smallest absolute Gasteiger partial charge is 0.174 e. The molecule has 0 unspecified atom stereocenters. The second-order valence-electron chi connectivity index (χ2n) is 7.96. The average Bonchev–Trinajstić information content (AvgIpc) is 3.50. The van der Waals surface area contributed by atoms with Crippen molar-refractivity contribution in [2.75, 3.05) is 25.2 Å². The minimum atomic E-state index is -0.183. The summed E-state index contributed by atoms with van der Waals surface area (Å²) in [6, 6.07) is 19.4. The van der Waals surface area contributed by atoms with E-state index in [4.69, 9.17) is 33.3 Å². The lowest BCUT2D eigenvalue weighted by Crippen LogP contribution is -2.30. The molecule has 1 N–H and O–H groups in total. The lowest BCUT2D eigenvalue weighted by molar-refractivity contribution is 0.146. The number of aromatic nitrogens is 3. The Hall–Kier alpha value is -3.46. The maximum Gasteiger partial charge on any atom is 0.174 e. The maximum absolute atomic E-state index is 6.61. The van der Waals surface area contributed by atoms with Gasteiger partial charge in [-0.15, -0.1) is 0 Å². The minimum Gasteiger partial charge on any atom is -0.490 e. The first-order valence-electron chi connectivity index (χ1n) is 11.2. The van der Waals surface area contributed by atoms with Gasteiger partial charge in [0, 0.05) is 49.0 Å². The van der Waals surface area contributed by atoms with Gasteiger partial charge in [-0.2, -0.15) is 0 Å². The molecule has 1 fully saturated rings. The molecule has 1 aliphatic heterocycles. The normalized spacial score (nSPS) is 17.4. The Morgan fingerprint density at radius 3 is 2.60 bits per heavy atom. The largest absolute Gasteiger partial charge is 0.490 e. The number of rotatable bonds is 8. The van der Waals surface area contributed by atoms with Gasteiger partial charge in [0.15, 0.2) is 5.11 Å². The fourth-order valence-corrected chi connectivity index (χ4v) is 4.88. The molecule has 35 heavy (non-hydrogen) atoms. The van der Waals surface area contributed by atoms with Gasteiger partial charge in [0.05, 0.1) is 23.4 Å². The lowest BCUT2D eigenvalue weighted by Gasteiger charge is -2.29. The van der Waals surface area contributed by atoms with Crippen LogP contribution in [0.1, 0.15) is 23.5 Å². The van der Waals surface area contributed by atoms with Crippen molar-refractivity contribution >= 4 is 34.6 Å². The molecule has 4 heterocycles. The van der Waals surface area contributed by atoms with Crippen LogP contribution in [0.5, 0.6) is 5.75 Å². The summed E-state index contributed by atoms with van der Waals surface area (Å²) in [5.41, 5.74) is 3.82. The SMILES string of the molecule is COCCOc1ccc(N2C(=S)N[C@@H](c3ccccn3)[C@@H]2c2cccn2-c2ccncc2)cc1Cl. The van der Waals surface area contributed by atoms with Crippen LogP contribution in [0.25, 0.3) is 5.69 Å². The first kappa shape index (κ1) is 23.3. The summed E-state index contributed by atoms with van der Waals surface area (Å²) in [5, 5.41) is 4.59. The third-order valence-corrected chi connectivity index (χ3v) is 6.47. The van der Waals surface area contributed by atoms with E-state index in [1.807, 2.05) is 60.8 Å². The van der Waals surface area contributed by atoms with Gasteiger partial charge in [0.1, 0.15) is 18.4 Å². The van der Waals surface area contributed by atoms with Crippen molar-refractivity contribution in [1.82, 2.24) is 19.9 Å². The van der Waals surface area contributed by atoms with Crippen LogP contribution < -0.4 is 15.0 Å². The topological polar surface area (TPSA) is 64.4 Å². The van der Waals surface area contributed by atoms with Crippen molar-refractivity contribution in [1.29, 1.82) is 0 Å². The molecule has 0 bridgehead atoms. The van der Waals surface area contributed by atoms with Crippen LogP contribution in [0.2, 0.25) is 5.02 Å². The highest BCUT2D eigenvalue weighted by Gasteiger charge is 2.42. The molecular formula is C26H24ClN5O2S.